The summed E-state index contributed by atoms with van der Waals surface area (Å²) in [7, 11) is 0. The van der Waals surface area contributed by atoms with Crippen LogP contribution in [0.4, 0.5) is 5.95 Å². The molecule has 0 saturated heterocycles. The summed E-state index contributed by atoms with van der Waals surface area (Å²) in [6.07, 6.45) is 7.65. The molecule has 1 heterocycles. The average molecular weight is 262 g/mol. The van der Waals surface area contributed by atoms with E-state index < -0.39 is 0 Å². The van der Waals surface area contributed by atoms with Gasteiger partial charge in [-0.1, -0.05) is 20.8 Å². The third-order valence-corrected chi connectivity index (χ3v) is 3.25. The minimum absolute atomic E-state index is 0.648. The first-order valence-electron chi connectivity index (χ1n) is 7.49. The summed E-state index contributed by atoms with van der Waals surface area (Å²) in [4.78, 5) is 11.5. The lowest BCUT2D eigenvalue weighted by Gasteiger charge is -2.24. The molecule has 1 aromatic heterocycles. The topological polar surface area (TPSA) is 41.1 Å². The fourth-order valence-corrected chi connectivity index (χ4v) is 2.17. The standard InChI is InChI=1S/C15H26N4/c1-4-7-16-8-13-9-17-15(18-10-13)19(11-12(2)3)14-5-6-14/h9-10,12,14,16H,4-8,11H2,1-3H3. The molecule has 0 radical (unpaired) electrons. The number of hydrogen-bond donors (Lipinski definition) is 1. The Morgan fingerprint density at radius 1 is 1.32 bits per heavy atom. The Morgan fingerprint density at radius 2 is 2.00 bits per heavy atom. The minimum Gasteiger partial charge on any atom is -0.338 e. The smallest absolute Gasteiger partial charge is 0.225 e. The molecular formula is C15H26N4. The first-order chi connectivity index (χ1) is 9.20. The summed E-state index contributed by atoms with van der Waals surface area (Å²) in [6, 6.07) is 0.673. The summed E-state index contributed by atoms with van der Waals surface area (Å²) >= 11 is 0. The SMILES string of the molecule is CCCNCc1cnc(N(CC(C)C)C2CC2)nc1. The Bertz CT molecular complexity index is 370. The predicted octanol–water partition coefficient (Wildman–Crippen LogP) is 2.60. The molecule has 1 aliphatic rings. The molecular weight excluding hydrogens is 236 g/mol. The maximum atomic E-state index is 4.55. The van der Waals surface area contributed by atoms with Gasteiger partial charge in [-0.05, 0) is 31.7 Å². The van der Waals surface area contributed by atoms with Crippen LogP contribution in [0.25, 0.3) is 0 Å². The zero-order valence-electron chi connectivity index (χ0n) is 12.4. The summed E-state index contributed by atoms with van der Waals surface area (Å²) in [5.74, 6) is 1.55. The lowest BCUT2D eigenvalue weighted by atomic mass is 10.2. The molecule has 4 heteroatoms. The van der Waals surface area contributed by atoms with E-state index in [-0.39, 0.29) is 0 Å². The quantitative estimate of drug-likeness (QED) is 0.731. The lowest BCUT2D eigenvalue weighted by Crippen LogP contribution is -2.31. The number of hydrogen-bond acceptors (Lipinski definition) is 4. The van der Waals surface area contributed by atoms with E-state index in [2.05, 4.69) is 41.0 Å². The summed E-state index contributed by atoms with van der Waals surface area (Å²) in [5, 5.41) is 3.37. The molecule has 0 aliphatic heterocycles. The molecule has 0 spiro atoms. The van der Waals surface area contributed by atoms with Crippen molar-refractivity contribution in [2.24, 2.45) is 5.92 Å². The highest BCUT2D eigenvalue weighted by Crippen LogP contribution is 2.30. The lowest BCUT2D eigenvalue weighted by molar-refractivity contribution is 0.596. The molecule has 0 amide bonds. The fraction of sp³-hybridized carbons (Fsp3) is 0.733. The highest BCUT2D eigenvalue weighted by atomic mass is 15.3. The first kappa shape index (κ1) is 14.3. The van der Waals surface area contributed by atoms with E-state index in [4.69, 9.17) is 0 Å². The first-order valence-corrected chi connectivity index (χ1v) is 7.49. The van der Waals surface area contributed by atoms with Crippen LogP contribution in [0.15, 0.2) is 12.4 Å². The highest BCUT2D eigenvalue weighted by Gasteiger charge is 2.30. The molecule has 1 fully saturated rings. The Balaban J connectivity index is 1.95. The van der Waals surface area contributed by atoms with Crippen LogP contribution >= 0.6 is 0 Å². The van der Waals surface area contributed by atoms with Gasteiger partial charge in [0.1, 0.15) is 0 Å². The second kappa shape index (κ2) is 6.85. The number of nitrogens with one attached hydrogen (secondary N) is 1. The highest BCUT2D eigenvalue weighted by molar-refractivity contribution is 5.34. The zero-order chi connectivity index (χ0) is 13.7. The van der Waals surface area contributed by atoms with Crippen LogP contribution in [0.2, 0.25) is 0 Å². The molecule has 1 N–H and O–H groups in total. The third kappa shape index (κ3) is 4.46. The molecule has 19 heavy (non-hydrogen) atoms. The van der Waals surface area contributed by atoms with Crippen LogP contribution in [0, 0.1) is 5.92 Å². The van der Waals surface area contributed by atoms with E-state index in [1.165, 1.54) is 12.8 Å². The minimum atomic E-state index is 0.648. The average Bonchev–Trinajstić information content (AvgIpc) is 3.21. The van der Waals surface area contributed by atoms with E-state index >= 15 is 0 Å². The van der Waals surface area contributed by atoms with Gasteiger partial charge >= 0.3 is 0 Å². The van der Waals surface area contributed by atoms with Crippen molar-refractivity contribution in [1.29, 1.82) is 0 Å². The maximum absolute atomic E-state index is 4.55. The van der Waals surface area contributed by atoms with Gasteiger partial charge in [0.2, 0.25) is 5.95 Å². The normalized spacial score (nSPS) is 14.9. The Kier molecular flexibility index (Phi) is 5.14. The van der Waals surface area contributed by atoms with E-state index in [1.807, 2.05) is 12.4 Å². The van der Waals surface area contributed by atoms with Gasteiger partial charge in [0.05, 0.1) is 0 Å². The molecule has 2 rings (SSSR count). The number of aromatic nitrogens is 2. The van der Waals surface area contributed by atoms with Crippen molar-refractivity contribution in [2.45, 2.75) is 52.6 Å². The summed E-state index contributed by atoms with van der Waals surface area (Å²) in [6.45, 7) is 9.63. The van der Waals surface area contributed by atoms with Crippen molar-refractivity contribution in [3.05, 3.63) is 18.0 Å². The second-order valence-electron chi connectivity index (χ2n) is 5.85. The van der Waals surface area contributed by atoms with Gasteiger partial charge < -0.3 is 10.2 Å². The van der Waals surface area contributed by atoms with Crippen molar-refractivity contribution in [3.8, 4) is 0 Å². The van der Waals surface area contributed by atoms with Crippen LogP contribution in [0.3, 0.4) is 0 Å². The van der Waals surface area contributed by atoms with Gasteiger partial charge in [-0.15, -0.1) is 0 Å². The van der Waals surface area contributed by atoms with Gasteiger partial charge in [0, 0.05) is 37.1 Å². The van der Waals surface area contributed by atoms with Crippen molar-refractivity contribution in [3.63, 3.8) is 0 Å². The Labute approximate surface area is 116 Å². The van der Waals surface area contributed by atoms with Crippen molar-refractivity contribution >= 4 is 5.95 Å². The van der Waals surface area contributed by atoms with E-state index in [0.717, 1.165) is 37.6 Å². The van der Waals surface area contributed by atoms with E-state index in [9.17, 15) is 0 Å². The van der Waals surface area contributed by atoms with Crippen LogP contribution in [0.1, 0.15) is 45.6 Å². The number of anilines is 1. The molecule has 106 valence electrons. The zero-order valence-corrected chi connectivity index (χ0v) is 12.4. The largest absolute Gasteiger partial charge is 0.338 e. The van der Waals surface area contributed by atoms with Crippen LogP contribution in [-0.4, -0.2) is 29.1 Å². The molecule has 0 atom stereocenters. The van der Waals surface area contributed by atoms with E-state index in [0.29, 0.717) is 12.0 Å². The Hall–Kier alpha value is -1.16. The van der Waals surface area contributed by atoms with Gasteiger partial charge in [-0.3, -0.25) is 0 Å². The molecule has 1 aliphatic carbocycles. The summed E-state index contributed by atoms with van der Waals surface area (Å²) in [5.41, 5.74) is 1.16. The van der Waals surface area contributed by atoms with Crippen molar-refractivity contribution in [1.82, 2.24) is 15.3 Å². The van der Waals surface area contributed by atoms with E-state index in [1.54, 1.807) is 0 Å². The van der Waals surface area contributed by atoms with Crippen molar-refractivity contribution < 1.29 is 0 Å². The van der Waals surface area contributed by atoms with Gasteiger partial charge in [-0.2, -0.15) is 0 Å². The fourth-order valence-electron chi connectivity index (χ4n) is 2.17. The predicted molar refractivity (Wildman–Crippen MR) is 79.2 cm³/mol. The van der Waals surface area contributed by atoms with Crippen molar-refractivity contribution in [2.75, 3.05) is 18.0 Å². The maximum Gasteiger partial charge on any atom is 0.225 e. The van der Waals surface area contributed by atoms with Crippen LogP contribution in [-0.2, 0) is 6.54 Å². The molecule has 4 nitrogen and oxygen atoms in total. The molecule has 1 saturated carbocycles. The van der Waals surface area contributed by atoms with Gasteiger partial charge in [-0.25, -0.2) is 9.97 Å². The van der Waals surface area contributed by atoms with Gasteiger partial charge in [0.15, 0.2) is 0 Å². The van der Waals surface area contributed by atoms with Crippen LogP contribution < -0.4 is 10.2 Å². The number of nitrogens with zero attached hydrogens (tertiary/aromatic N) is 3. The van der Waals surface area contributed by atoms with Gasteiger partial charge in [0.25, 0.3) is 0 Å². The monoisotopic (exact) mass is 262 g/mol. The molecule has 0 bridgehead atoms. The Morgan fingerprint density at radius 3 is 2.53 bits per heavy atom. The molecule has 0 aromatic carbocycles. The molecule has 1 aromatic rings. The second-order valence-corrected chi connectivity index (χ2v) is 5.85. The number of rotatable bonds is 8. The van der Waals surface area contributed by atoms with Crippen LogP contribution in [0.5, 0.6) is 0 Å². The summed E-state index contributed by atoms with van der Waals surface area (Å²) < 4.78 is 0. The third-order valence-electron chi connectivity index (χ3n) is 3.25. The molecule has 0 unspecified atom stereocenters.